The van der Waals surface area contributed by atoms with Crippen molar-refractivity contribution in [3.63, 3.8) is 0 Å². The Morgan fingerprint density at radius 1 is 1.47 bits per heavy atom. The molecular formula is C10H16N2O3S2. The number of hydrogen-bond acceptors (Lipinski definition) is 5. The van der Waals surface area contributed by atoms with Crippen molar-refractivity contribution in [1.29, 1.82) is 0 Å². The SMILES string of the molecule is Cc1nc(NS(=O)(=O)C2CCCOC2)sc1C. The van der Waals surface area contributed by atoms with E-state index < -0.39 is 15.3 Å². The van der Waals surface area contributed by atoms with E-state index in [1.165, 1.54) is 11.3 Å². The standard InChI is InChI=1S/C10H16N2O3S2/c1-7-8(2)16-10(11-7)12-17(13,14)9-4-3-5-15-6-9/h9H,3-6H2,1-2H3,(H,11,12). The maximum Gasteiger partial charge on any atom is 0.239 e. The number of anilines is 1. The number of aromatic nitrogens is 1. The van der Waals surface area contributed by atoms with Crippen LogP contribution in [0.2, 0.25) is 0 Å². The van der Waals surface area contributed by atoms with Crippen LogP contribution >= 0.6 is 11.3 Å². The van der Waals surface area contributed by atoms with Crippen molar-refractivity contribution in [2.45, 2.75) is 31.9 Å². The third-order valence-electron chi connectivity index (χ3n) is 2.82. The van der Waals surface area contributed by atoms with Gasteiger partial charge in [0.25, 0.3) is 0 Å². The van der Waals surface area contributed by atoms with E-state index in [9.17, 15) is 8.42 Å². The Hall–Kier alpha value is -0.660. The monoisotopic (exact) mass is 276 g/mol. The topological polar surface area (TPSA) is 68.3 Å². The van der Waals surface area contributed by atoms with Gasteiger partial charge in [0.1, 0.15) is 5.25 Å². The van der Waals surface area contributed by atoms with Crippen molar-refractivity contribution < 1.29 is 13.2 Å². The van der Waals surface area contributed by atoms with Gasteiger partial charge in [0.05, 0.1) is 12.3 Å². The molecule has 17 heavy (non-hydrogen) atoms. The second kappa shape index (κ2) is 4.91. The minimum Gasteiger partial charge on any atom is -0.380 e. The molecule has 0 aromatic carbocycles. The lowest BCUT2D eigenvalue weighted by molar-refractivity contribution is 0.0992. The summed E-state index contributed by atoms with van der Waals surface area (Å²) in [5.41, 5.74) is 0.868. The van der Waals surface area contributed by atoms with Crippen LogP contribution < -0.4 is 4.72 Å². The average molecular weight is 276 g/mol. The normalized spacial score (nSPS) is 21.4. The van der Waals surface area contributed by atoms with Gasteiger partial charge < -0.3 is 4.74 Å². The van der Waals surface area contributed by atoms with Gasteiger partial charge in [-0.15, -0.1) is 11.3 Å². The van der Waals surface area contributed by atoms with Crippen LogP contribution in [0.25, 0.3) is 0 Å². The molecule has 0 bridgehead atoms. The third kappa shape index (κ3) is 2.97. The molecule has 1 aliphatic heterocycles. The molecule has 1 aromatic heterocycles. The predicted octanol–water partition coefficient (Wildman–Crippen LogP) is 1.68. The second-order valence-electron chi connectivity index (χ2n) is 4.15. The Morgan fingerprint density at radius 2 is 2.24 bits per heavy atom. The highest BCUT2D eigenvalue weighted by Crippen LogP contribution is 2.24. The number of rotatable bonds is 3. The lowest BCUT2D eigenvalue weighted by Crippen LogP contribution is -2.35. The first-order valence-corrected chi connectivity index (χ1v) is 7.89. The third-order valence-corrected chi connectivity index (χ3v) is 5.66. The second-order valence-corrected chi connectivity index (χ2v) is 7.31. The van der Waals surface area contributed by atoms with E-state index in [-0.39, 0.29) is 6.61 Å². The number of hydrogen-bond donors (Lipinski definition) is 1. The average Bonchev–Trinajstić information content (AvgIpc) is 2.58. The highest BCUT2D eigenvalue weighted by Gasteiger charge is 2.28. The first kappa shape index (κ1) is 12.8. The van der Waals surface area contributed by atoms with Gasteiger partial charge in [0.2, 0.25) is 10.0 Å². The van der Waals surface area contributed by atoms with Gasteiger partial charge >= 0.3 is 0 Å². The molecule has 1 aromatic rings. The van der Waals surface area contributed by atoms with E-state index in [1.54, 1.807) is 0 Å². The Labute approximate surface area is 105 Å². The molecule has 7 heteroatoms. The fourth-order valence-electron chi connectivity index (χ4n) is 1.68. The zero-order chi connectivity index (χ0) is 12.5. The summed E-state index contributed by atoms with van der Waals surface area (Å²) in [6.07, 6.45) is 1.44. The zero-order valence-electron chi connectivity index (χ0n) is 9.89. The molecule has 1 N–H and O–H groups in total. The highest BCUT2D eigenvalue weighted by atomic mass is 32.2. The summed E-state index contributed by atoms with van der Waals surface area (Å²) in [7, 11) is -3.37. The van der Waals surface area contributed by atoms with E-state index in [4.69, 9.17) is 4.74 Å². The van der Waals surface area contributed by atoms with Gasteiger partial charge in [0.15, 0.2) is 5.13 Å². The van der Waals surface area contributed by atoms with E-state index in [0.29, 0.717) is 18.2 Å². The zero-order valence-corrected chi connectivity index (χ0v) is 11.5. The molecule has 1 saturated heterocycles. The van der Waals surface area contributed by atoms with Gasteiger partial charge in [-0.05, 0) is 26.7 Å². The summed E-state index contributed by atoms with van der Waals surface area (Å²) in [5.74, 6) is 0. The van der Waals surface area contributed by atoms with Crippen molar-refractivity contribution in [1.82, 2.24) is 4.98 Å². The first-order chi connectivity index (χ1) is 7.99. The Bertz CT molecular complexity index is 470. The molecule has 1 unspecified atom stereocenters. The lowest BCUT2D eigenvalue weighted by atomic mass is 10.2. The molecule has 1 aliphatic rings. The van der Waals surface area contributed by atoms with Crippen LogP contribution in [0.15, 0.2) is 0 Å². The molecule has 0 saturated carbocycles. The maximum absolute atomic E-state index is 12.1. The molecule has 0 radical (unpaired) electrons. The Kier molecular flexibility index (Phi) is 3.70. The van der Waals surface area contributed by atoms with Crippen LogP contribution in [-0.2, 0) is 14.8 Å². The lowest BCUT2D eigenvalue weighted by Gasteiger charge is -2.21. The summed E-state index contributed by atoms with van der Waals surface area (Å²) in [6, 6.07) is 0. The summed E-state index contributed by atoms with van der Waals surface area (Å²) in [4.78, 5) is 5.21. The van der Waals surface area contributed by atoms with Crippen LogP contribution in [0.3, 0.4) is 0 Å². The molecule has 2 heterocycles. The predicted molar refractivity (Wildman–Crippen MR) is 68.0 cm³/mol. The fraction of sp³-hybridized carbons (Fsp3) is 0.700. The first-order valence-electron chi connectivity index (χ1n) is 5.52. The number of nitrogens with one attached hydrogen (secondary N) is 1. The van der Waals surface area contributed by atoms with Crippen molar-refractivity contribution in [3.05, 3.63) is 10.6 Å². The summed E-state index contributed by atoms with van der Waals surface area (Å²) in [5, 5.41) is -0.00802. The minimum absolute atomic E-state index is 0.276. The van der Waals surface area contributed by atoms with Crippen molar-refractivity contribution >= 4 is 26.5 Å². The van der Waals surface area contributed by atoms with Gasteiger partial charge in [0, 0.05) is 11.5 Å². The number of nitrogens with zero attached hydrogens (tertiary/aromatic N) is 1. The quantitative estimate of drug-likeness (QED) is 0.912. The van der Waals surface area contributed by atoms with Crippen molar-refractivity contribution in [2.24, 2.45) is 0 Å². The van der Waals surface area contributed by atoms with E-state index in [0.717, 1.165) is 17.0 Å². The van der Waals surface area contributed by atoms with Crippen LogP contribution in [0.1, 0.15) is 23.4 Å². The molecule has 0 amide bonds. The molecule has 96 valence electrons. The molecule has 2 rings (SSSR count). The smallest absolute Gasteiger partial charge is 0.239 e. The number of sulfonamides is 1. The number of thiazole rings is 1. The Morgan fingerprint density at radius 3 is 2.76 bits per heavy atom. The fourth-order valence-corrected chi connectivity index (χ4v) is 4.07. The van der Waals surface area contributed by atoms with Gasteiger partial charge in [-0.25, -0.2) is 13.4 Å². The van der Waals surface area contributed by atoms with Gasteiger partial charge in [-0.3, -0.25) is 4.72 Å². The molecule has 1 atom stereocenters. The van der Waals surface area contributed by atoms with Crippen LogP contribution in [0.5, 0.6) is 0 Å². The van der Waals surface area contributed by atoms with E-state index >= 15 is 0 Å². The largest absolute Gasteiger partial charge is 0.380 e. The summed E-state index contributed by atoms with van der Waals surface area (Å²) in [6.45, 7) is 4.72. The Balaban J connectivity index is 2.11. The summed E-state index contributed by atoms with van der Waals surface area (Å²) < 4.78 is 31.9. The van der Waals surface area contributed by atoms with E-state index in [1.807, 2.05) is 13.8 Å². The highest BCUT2D eigenvalue weighted by molar-refractivity contribution is 7.93. The molecule has 5 nitrogen and oxygen atoms in total. The molecule has 1 fully saturated rings. The van der Waals surface area contributed by atoms with Crippen molar-refractivity contribution in [3.8, 4) is 0 Å². The molecule has 0 spiro atoms. The molecule has 0 aliphatic carbocycles. The summed E-state index contributed by atoms with van der Waals surface area (Å²) >= 11 is 1.36. The maximum atomic E-state index is 12.1. The number of ether oxygens (including phenoxy) is 1. The minimum atomic E-state index is -3.37. The van der Waals surface area contributed by atoms with Gasteiger partial charge in [-0.1, -0.05) is 0 Å². The number of aryl methyl sites for hydroxylation is 2. The van der Waals surface area contributed by atoms with Gasteiger partial charge in [-0.2, -0.15) is 0 Å². The van der Waals surface area contributed by atoms with Crippen LogP contribution in [-0.4, -0.2) is 31.9 Å². The molecular weight excluding hydrogens is 260 g/mol. The van der Waals surface area contributed by atoms with Crippen LogP contribution in [0.4, 0.5) is 5.13 Å². The van der Waals surface area contributed by atoms with Crippen LogP contribution in [0, 0.1) is 13.8 Å². The van der Waals surface area contributed by atoms with E-state index in [2.05, 4.69) is 9.71 Å². The van der Waals surface area contributed by atoms with Crippen molar-refractivity contribution in [2.75, 3.05) is 17.9 Å².